The number of ether oxygens (including phenoxy) is 1. The van der Waals surface area contributed by atoms with Gasteiger partial charge in [0.05, 0.1) is 12.2 Å². The van der Waals surface area contributed by atoms with E-state index in [0.717, 1.165) is 0 Å². The number of carbonyl (C=O) groups excluding carboxylic acids is 2. The molecule has 120 valence electrons. The molecule has 0 spiro atoms. The third-order valence-corrected chi connectivity index (χ3v) is 3.04. The van der Waals surface area contributed by atoms with Crippen LogP contribution in [0.25, 0.3) is 0 Å². The molecule has 0 saturated carbocycles. The van der Waals surface area contributed by atoms with Gasteiger partial charge < -0.3 is 20.7 Å². The minimum absolute atomic E-state index is 0.272. The summed E-state index contributed by atoms with van der Waals surface area (Å²) in [5.74, 6) is 0.262. The fourth-order valence-corrected chi connectivity index (χ4v) is 2.00. The second kappa shape index (κ2) is 7.84. The summed E-state index contributed by atoms with van der Waals surface area (Å²) in [4.78, 5) is 23.7. The van der Waals surface area contributed by atoms with Gasteiger partial charge in [0.15, 0.2) is 0 Å². The predicted molar refractivity (Wildman–Crippen MR) is 90.1 cm³/mol. The second-order valence-electron chi connectivity index (χ2n) is 4.67. The Kier molecular flexibility index (Phi) is 5.57. The first-order chi connectivity index (χ1) is 11.1. The molecule has 0 aliphatic carbocycles. The van der Waals surface area contributed by atoms with Gasteiger partial charge >= 0.3 is 6.03 Å². The molecule has 2 rings (SSSR count). The average molecular weight is 313 g/mol. The minimum Gasteiger partial charge on any atom is -0.493 e. The number of hydrogen-bond donors (Lipinski definition) is 3. The molecule has 0 aliphatic rings. The molecule has 0 atom stereocenters. The van der Waals surface area contributed by atoms with Crippen molar-refractivity contribution in [3.8, 4) is 5.75 Å². The first-order valence-corrected chi connectivity index (χ1v) is 7.26. The Morgan fingerprint density at radius 1 is 1.00 bits per heavy atom. The van der Waals surface area contributed by atoms with Crippen LogP contribution >= 0.6 is 0 Å². The van der Waals surface area contributed by atoms with Crippen LogP contribution in [-0.4, -0.2) is 25.6 Å². The molecule has 2 aromatic carbocycles. The molecule has 6 heteroatoms. The Labute approximate surface area is 134 Å². The zero-order chi connectivity index (χ0) is 16.7. The Morgan fingerprint density at radius 2 is 1.70 bits per heavy atom. The number of urea groups is 1. The number of rotatable bonds is 5. The van der Waals surface area contributed by atoms with Crippen LogP contribution in [0.5, 0.6) is 5.75 Å². The molecule has 23 heavy (non-hydrogen) atoms. The molecule has 2 aromatic rings. The van der Waals surface area contributed by atoms with Gasteiger partial charge in [-0.2, -0.15) is 0 Å². The summed E-state index contributed by atoms with van der Waals surface area (Å²) in [6, 6.07) is 13.6. The van der Waals surface area contributed by atoms with Crippen LogP contribution in [0.3, 0.4) is 0 Å². The monoisotopic (exact) mass is 313 g/mol. The molecule has 0 unspecified atom stereocenters. The minimum atomic E-state index is -0.324. The summed E-state index contributed by atoms with van der Waals surface area (Å²) in [7, 11) is 1.53. The Balaban J connectivity index is 2.14. The quantitative estimate of drug-likeness (QED) is 0.793. The van der Waals surface area contributed by atoms with Crippen LogP contribution < -0.4 is 20.7 Å². The number of nitrogens with one attached hydrogen (secondary N) is 3. The molecule has 3 amide bonds. The van der Waals surface area contributed by atoms with Gasteiger partial charge in [0, 0.05) is 18.4 Å². The highest BCUT2D eigenvalue weighted by molar-refractivity contribution is 6.06. The van der Waals surface area contributed by atoms with E-state index >= 15 is 0 Å². The van der Waals surface area contributed by atoms with Crippen molar-refractivity contribution in [2.24, 2.45) is 0 Å². The topological polar surface area (TPSA) is 79.5 Å². The van der Waals surface area contributed by atoms with Crippen molar-refractivity contribution in [2.45, 2.75) is 6.92 Å². The standard InChI is InChI=1S/C17H19N3O3/c1-3-23-15-10-5-4-9-14(15)16(21)19-12-7-6-8-13(11-12)20-17(22)18-2/h4-11H,3H2,1-2H3,(H,19,21)(H2,18,20,22). The number of carbonyl (C=O) groups is 2. The molecular formula is C17H19N3O3. The Bertz CT molecular complexity index is 701. The van der Waals surface area contributed by atoms with Crippen LogP contribution in [0, 0.1) is 0 Å². The van der Waals surface area contributed by atoms with Gasteiger partial charge in [-0.05, 0) is 37.3 Å². The van der Waals surface area contributed by atoms with Gasteiger partial charge in [0.25, 0.3) is 5.91 Å². The highest BCUT2D eigenvalue weighted by Crippen LogP contribution is 2.21. The van der Waals surface area contributed by atoms with E-state index in [4.69, 9.17) is 4.74 Å². The molecule has 6 nitrogen and oxygen atoms in total. The van der Waals surface area contributed by atoms with Gasteiger partial charge in [0.2, 0.25) is 0 Å². The van der Waals surface area contributed by atoms with Gasteiger partial charge in [-0.3, -0.25) is 4.79 Å². The first-order valence-electron chi connectivity index (χ1n) is 7.26. The largest absolute Gasteiger partial charge is 0.493 e. The summed E-state index contributed by atoms with van der Waals surface area (Å²) in [5, 5.41) is 7.92. The Hall–Kier alpha value is -3.02. The van der Waals surface area contributed by atoms with Crippen molar-refractivity contribution in [3.63, 3.8) is 0 Å². The van der Waals surface area contributed by atoms with Gasteiger partial charge in [-0.25, -0.2) is 4.79 Å². The third kappa shape index (κ3) is 4.47. The number of anilines is 2. The lowest BCUT2D eigenvalue weighted by molar-refractivity contribution is 0.102. The average Bonchev–Trinajstić information content (AvgIpc) is 2.56. The van der Waals surface area contributed by atoms with E-state index in [9.17, 15) is 9.59 Å². The maximum Gasteiger partial charge on any atom is 0.318 e. The van der Waals surface area contributed by atoms with E-state index in [-0.39, 0.29) is 11.9 Å². The van der Waals surface area contributed by atoms with E-state index in [0.29, 0.717) is 29.3 Å². The molecule has 0 aliphatic heterocycles. The van der Waals surface area contributed by atoms with Gasteiger partial charge in [0.1, 0.15) is 5.75 Å². The lowest BCUT2D eigenvalue weighted by atomic mass is 10.2. The third-order valence-electron chi connectivity index (χ3n) is 3.04. The maximum absolute atomic E-state index is 12.4. The van der Waals surface area contributed by atoms with E-state index in [1.165, 1.54) is 7.05 Å². The molecule has 0 fully saturated rings. The zero-order valence-corrected chi connectivity index (χ0v) is 13.1. The van der Waals surface area contributed by atoms with Crippen molar-refractivity contribution >= 4 is 23.3 Å². The van der Waals surface area contributed by atoms with Gasteiger partial charge in [-0.1, -0.05) is 18.2 Å². The predicted octanol–water partition coefficient (Wildman–Crippen LogP) is 3.09. The van der Waals surface area contributed by atoms with Gasteiger partial charge in [-0.15, -0.1) is 0 Å². The fraction of sp³-hybridized carbons (Fsp3) is 0.176. The van der Waals surface area contributed by atoms with Crippen LogP contribution in [0.1, 0.15) is 17.3 Å². The summed E-state index contributed by atoms with van der Waals surface area (Å²) in [5.41, 5.74) is 1.62. The van der Waals surface area contributed by atoms with Crippen molar-refractivity contribution in [1.29, 1.82) is 0 Å². The fourth-order valence-electron chi connectivity index (χ4n) is 2.00. The SMILES string of the molecule is CCOc1ccccc1C(=O)Nc1cccc(NC(=O)NC)c1. The lowest BCUT2D eigenvalue weighted by Crippen LogP contribution is -2.24. The smallest absolute Gasteiger partial charge is 0.318 e. The van der Waals surface area contributed by atoms with E-state index in [2.05, 4.69) is 16.0 Å². The molecule has 0 bridgehead atoms. The highest BCUT2D eigenvalue weighted by Gasteiger charge is 2.12. The summed E-state index contributed by atoms with van der Waals surface area (Å²) < 4.78 is 5.46. The molecule has 0 heterocycles. The number of para-hydroxylation sites is 1. The Morgan fingerprint density at radius 3 is 2.39 bits per heavy atom. The van der Waals surface area contributed by atoms with Crippen LogP contribution in [0.15, 0.2) is 48.5 Å². The molecule has 0 radical (unpaired) electrons. The normalized spacial score (nSPS) is 9.83. The molecular weight excluding hydrogens is 294 g/mol. The van der Waals surface area contributed by atoms with Crippen LogP contribution in [0.4, 0.5) is 16.2 Å². The first kappa shape index (κ1) is 16.4. The van der Waals surface area contributed by atoms with Crippen molar-refractivity contribution in [3.05, 3.63) is 54.1 Å². The van der Waals surface area contributed by atoms with E-state index in [1.807, 2.05) is 13.0 Å². The summed E-state index contributed by atoms with van der Waals surface area (Å²) in [6.45, 7) is 2.35. The zero-order valence-electron chi connectivity index (χ0n) is 13.1. The number of hydrogen-bond acceptors (Lipinski definition) is 3. The summed E-state index contributed by atoms with van der Waals surface area (Å²) in [6.07, 6.45) is 0. The second-order valence-corrected chi connectivity index (χ2v) is 4.67. The van der Waals surface area contributed by atoms with Crippen molar-refractivity contribution in [2.75, 3.05) is 24.3 Å². The molecule has 0 aromatic heterocycles. The summed E-state index contributed by atoms with van der Waals surface area (Å²) >= 11 is 0. The van der Waals surface area contributed by atoms with E-state index in [1.54, 1.807) is 42.5 Å². The van der Waals surface area contributed by atoms with Crippen molar-refractivity contribution in [1.82, 2.24) is 5.32 Å². The maximum atomic E-state index is 12.4. The highest BCUT2D eigenvalue weighted by atomic mass is 16.5. The molecule has 3 N–H and O–H groups in total. The van der Waals surface area contributed by atoms with Crippen LogP contribution in [-0.2, 0) is 0 Å². The lowest BCUT2D eigenvalue weighted by Gasteiger charge is -2.11. The number of benzene rings is 2. The number of amides is 3. The molecule has 0 saturated heterocycles. The van der Waals surface area contributed by atoms with Crippen molar-refractivity contribution < 1.29 is 14.3 Å². The van der Waals surface area contributed by atoms with Crippen LogP contribution in [0.2, 0.25) is 0 Å². The van der Waals surface area contributed by atoms with E-state index < -0.39 is 0 Å².